The lowest BCUT2D eigenvalue weighted by Crippen LogP contribution is -1.94. The standard InChI is InChI=1S/C10H8FN3/c11-8-5-9(12)10(14-6-8)7-1-3-13-4-2-7/h1-6H,12H2. The minimum absolute atomic E-state index is 0.330. The largest absolute Gasteiger partial charge is 0.397 e. The summed E-state index contributed by atoms with van der Waals surface area (Å²) >= 11 is 0. The number of halogens is 1. The minimum atomic E-state index is -0.430. The van der Waals surface area contributed by atoms with Crippen LogP contribution in [0.2, 0.25) is 0 Å². The minimum Gasteiger partial charge on any atom is -0.397 e. The summed E-state index contributed by atoms with van der Waals surface area (Å²) in [6, 6.07) is 4.80. The lowest BCUT2D eigenvalue weighted by atomic mass is 10.1. The van der Waals surface area contributed by atoms with E-state index in [1.807, 2.05) is 0 Å². The monoisotopic (exact) mass is 189 g/mol. The molecule has 3 nitrogen and oxygen atoms in total. The van der Waals surface area contributed by atoms with E-state index in [9.17, 15) is 4.39 Å². The van der Waals surface area contributed by atoms with E-state index in [0.717, 1.165) is 11.8 Å². The SMILES string of the molecule is Nc1cc(F)cnc1-c1ccncc1. The molecule has 0 unspecified atom stereocenters. The molecule has 0 bridgehead atoms. The number of pyridine rings is 2. The van der Waals surface area contributed by atoms with Crippen LogP contribution in [0.4, 0.5) is 10.1 Å². The van der Waals surface area contributed by atoms with Gasteiger partial charge in [0.1, 0.15) is 5.82 Å². The Labute approximate surface area is 80.4 Å². The number of rotatable bonds is 1. The van der Waals surface area contributed by atoms with Gasteiger partial charge < -0.3 is 5.73 Å². The van der Waals surface area contributed by atoms with Crippen LogP contribution in [0.25, 0.3) is 11.3 Å². The Morgan fingerprint density at radius 3 is 2.57 bits per heavy atom. The van der Waals surface area contributed by atoms with Gasteiger partial charge in [0.15, 0.2) is 0 Å². The molecule has 0 aliphatic carbocycles. The number of aromatic nitrogens is 2. The summed E-state index contributed by atoms with van der Waals surface area (Å²) in [5, 5.41) is 0. The number of nitrogen functional groups attached to an aromatic ring is 1. The maximum absolute atomic E-state index is 12.7. The second-order valence-corrected chi connectivity index (χ2v) is 2.83. The van der Waals surface area contributed by atoms with Crippen LogP contribution in [0.1, 0.15) is 0 Å². The first-order valence-electron chi connectivity index (χ1n) is 4.09. The molecule has 0 saturated heterocycles. The van der Waals surface area contributed by atoms with Crippen molar-refractivity contribution in [3.63, 3.8) is 0 Å². The molecule has 2 N–H and O–H groups in total. The Bertz CT molecular complexity index is 442. The summed E-state index contributed by atoms with van der Waals surface area (Å²) in [5.41, 5.74) is 7.37. The van der Waals surface area contributed by atoms with Gasteiger partial charge in [-0.2, -0.15) is 0 Å². The Morgan fingerprint density at radius 1 is 1.21 bits per heavy atom. The molecule has 2 heterocycles. The Balaban J connectivity index is 2.53. The normalized spacial score (nSPS) is 10.1. The van der Waals surface area contributed by atoms with E-state index in [2.05, 4.69) is 9.97 Å². The van der Waals surface area contributed by atoms with Crippen molar-refractivity contribution in [3.8, 4) is 11.3 Å². The zero-order valence-electron chi connectivity index (χ0n) is 7.31. The molecule has 0 aliphatic heterocycles. The number of anilines is 1. The van der Waals surface area contributed by atoms with Crippen LogP contribution in [0.5, 0.6) is 0 Å². The van der Waals surface area contributed by atoms with Gasteiger partial charge >= 0.3 is 0 Å². The molecule has 70 valence electrons. The predicted octanol–water partition coefficient (Wildman–Crippen LogP) is 1.86. The maximum atomic E-state index is 12.7. The quantitative estimate of drug-likeness (QED) is 0.744. The molecule has 0 fully saturated rings. The molecule has 4 heteroatoms. The van der Waals surface area contributed by atoms with E-state index in [1.54, 1.807) is 24.5 Å². The molecular formula is C10H8FN3. The molecule has 0 aromatic carbocycles. The smallest absolute Gasteiger partial charge is 0.143 e. The third-order valence-corrected chi connectivity index (χ3v) is 1.84. The fourth-order valence-corrected chi connectivity index (χ4v) is 1.21. The number of nitrogens with zero attached hydrogens (tertiary/aromatic N) is 2. The Morgan fingerprint density at radius 2 is 1.93 bits per heavy atom. The van der Waals surface area contributed by atoms with Gasteiger partial charge in [-0.05, 0) is 12.1 Å². The van der Waals surface area contributed by atoms with Gasteiger partial charge in [0.25, 0.3) is 0 Å². The molecule has 0 spiro atoms. The lowest BCUT2D eigenvalue weighted by Gasteiger charge is -2.03. The second kappa shape index (κ2) is 3.41. The topological polar surface area (TPSA) is 51.8 Å². The highest BCUT2D eigenvalue weighted by molar-refractivity contribution is 5.71. The molecule has 14 heavy (non-hydrogen) atoms. The predicted molar refractivity (Wildman–Crippen MR) is 51.8 cm³/mol. The number of nitrogens with two attached hydrogens (primary N) is 1. The van der Waals surface area contributed by atoms with Crippen LogP contribution in [-0.4, -0.2) is 9.97 Å². The fraction of sp³-hybridized carbons (Fsp3) is 0. The van der Waals surface area contributed by atoms with Crippen molar-refractivity contribution in [3.05, 3.63) is 42.6 Å². The van der Waals surface area contributed by atoms with Gasteiger partial charge in [0, 0.05) is 24.0 Å². The molecule has 0 radical (unpaired) electrons. The average Bonchev–Trinajstić information content (AvgIpc) is 2.19. The van der Waals surface area contributed by atoms with E-state index in [-0.39, 0.29) is 0 Å². The van der Waals surface area contributed by atoms with E-state index in [4.69, 9.17) is 5.73 Å². The summed E-state index contributed by atoms with van der Waals surface area (Å²) in [6.07, 6.45) is 4.42. The van der Waals surface area contributed by atoms with Gasteiger partial charge in [-0.15, -0.1) is 0 Å². The van der Waals surface area contributed by atoms with E-state index in [0.29, 0.717) is 11.4 Å². The third-order valence-electron chi connectivity index (χ3n) is 1.84. The highest BCUT2D eigenvalue weighted by Crippen LogP contribution is 2.22. The van der Waals surface area contributed by atoms with Crippen LogP contribution >= 0.6 is 0 Å². The highest BCUT2D eigenvalue weighted by Gasteiger charge is 2.04. The zero-order valence-corrected chi connectivity index (χ0v) is 7.31. The first-order chi connectivity index (χ1) is 6.77. The van der Waals surface area contributed by atoms with Crippen molar-refractivity contribution >= 4 is 5.69 Å². The van der Waals surface area contributed by atoms with E-state index >= 15 is 0 Å². The summed E-state index contributed by atoms with van der Waals surface area (Å²) < 4.78 is 12.7. The van der Waals surface area contributed by atoms with Crippen LogP contribution in [0.3, 0.4) is 0 Å². The van der Waals surface area contributed by atoms with Crippen molar-refractivity contribution in [1.82, 2.24) is 9.97 Å². The van der Waals surface area contributed by atoms with Crippen LogP contribution in [-0.2, 0) is 0 Å². The lowest BCUT2D eigenvalue weighted by molar-refractivity contribution is 0.622. The van der Waals surface area contributed by atoms with Crippen molar-refractivity contribution < 1.29 is 4.39 Å². The molecule has 2 aromatic heterocycles. The summed E-state index contributed by atoms with van der Waals surface area (Å²) in [4.78, 5) is 7.80. The van der Waals surface area contributed by atoms with E-state index in [1.165, 1.54) is 6.07 Å². The Hall–Kier alpha value is -1.97. The summed E-state index contributed by atoms with van der Waals surface area (Å²) in [5.74, 6) is -0.430. The van der Waals surface area contributed by atoms with Crippen molar-refractivity contribution in [1.29, 1.82) is 0 Å². The molecular weight excluding hydrogens is 181 g/mol. The van der Waals surface area contributed by atoms with Crippen LogP contribution < -0.4 is 5.73 Å². The van der Waals surface area contributed by atoms with Crippen molar-refractivity contribution in [2.24, 2.45) is 0 Å². The second-order valence-electron chi connectivity index (χ2n) is 2.83. The zero-order chi connectivity index (χ0) is 9.97. The number of hydrogen-bond acceptors (Lipinski definition) is 3. The van der Waals surface area contributed by atoms with Gasteiger partial charge in [0.05, 0.1) is 17.6 Å². The fourth-order valence-electron chi connectivity index (χ4n) is 1.21. The molecule has 0 amide bonds. The van der Waals surface area contributed by atoms with Crippen LogP contribution in [0, 0.1) is 5.82 Å². The van der Waals surface area contributed by atoms with Gasteiger partial charge in [0.2, 0.25) is 0 Å². The highest BCUT2D eigenvalue weighted by atomic mass is 19.1. The van der Waals surface area contributed by atoms with Crippen molar-refractivity contribution in [2.75, 3.05) is 5.73 Å². The Kier molecular flexibility index (Phi) is 2.10. The van der Waals surface area contributed by atoms with Gasteiger partial charge in [-0.1, -0.05) is 0 Å². The molecule has 0 atom stereocenters. The van der Waals surface area contributed by atoms with Crippen molar-refractivity contribution in [2.45, 2.75) is 0 Å². The average molecular weight is 189 g/mol. The van der Waals surface area contributed by atoms with E-state index < -0.39 is 5.82 Å². The molecule has 2 aromatic rings. The maximum Gasteiger partial charge on any atom is 0.143 e. The van der Waals surface area contributed by atoms with Gasteiger partial charge in [-0.25, -0.2) is 4.39 Å². The first-order valence-corrected chi connectivity index (χ1v) is 4.09. The molecule has 0 saturated carbocycles. The summed E-state index contributed by atoms with van der Waals surface area (Å²) in [7, 11) is 0. The number of hydrogen-bond donors (Lipinski definition) is 1. The molecule has 0 aliphatic rings. The molecule has 2 rings (SSSR count). The first kappa shape index (κ1) is 8.62. The summed E-state index contributed by atoms with van der Waals surface area (Å²) in [6.45, 7) is 0. The van der Waals surface area contributed by atoms with Gasteiger partial charge in [-0.3, -0.25) is 9.97 Å². The third kappa shape index (κ3) is 1.54. The van der Waals surface area contributed by atoms with Crippen LogP contribution in [0.15, 0.2) is 36.8 Å².